The maximum absolute atomic E-state index is 13.2. The van der Waals surface area contributed by atoms with Crippen molar-refractivity contribution in [1.29, 1.82) is 0 Å². The summed E-state index contributed by atoms with van der Waals surface area (Å²) in [6, 6.07) is 34.4. The van der Waals surface area contributed by atoms with Crippen LogP contribution in [0.4, 0.5) is 5.69 Å². The molecule has 4 aromatic rings. The predicted molar refractivity (Wildman–Crippen MR) is 146 cm³/mol. The zero-order chi connectivity index (χ0) is 25.0. The molecule has 0 aliphatic heterocycles. The van der Waals surface area contributed by atoms with E-state index in [9.17, 15) is 8.42 Å². The molecule has 4 aromatic carbocycles. The van der Waals surface area contributed by atoms with Crippen LogP contribution in [0.15, 0.2) is 108 Å². The molecule has 0 heterocycles. The minimum Gasteiger partial charge on any atom is -0.363 e. The van der Waals surface area contributed by atoms with Crippen LogP contribution < -0.4 is 9.62 Å². The SMILES string of the molecule is CCc1ccc(S(=O)(=O)NC2CCc3ccc(N(Cc4ccccc4)Cc4ccccc4)cc32)cc1. The quantitative estimate of drug-likeness (QED) is 0.291. The molecule has 5 heteroatoms. The lowest BCUT2D eigenvalue weighted by molar-refractivity contribution is 0.554. The Morgan fingerprint density at radius 3 is 1.97 bits per heavy atom. The van der Waals surface area contributed by atoms with Crippen molar-refractivity contribution in [3.63, 3.8) is 0 Å². The highest BCUT2D eigenvalue weighted by atomic mass is 32.2. The Bertz CT molecular complexity index is 1360. The molecule has 36 heavy (non-hydrogen) atoms. The van der Waals surface area contributed by atoms with E-state index in [2.05, 4.69) is 83.3 Å². The molecular weight excluding hydrogens is 464 g/mol. The van der Waals surface area contributed by atoms with Crippen molar-refractivity contribution in [1.82, 2.24) is 4.72 Å². The highest BCUT2D eigenvalue weighted by Crippen LogP contribution is 2.36. The van der Waals surface area contributed by atoms with Crippen LogP contribution in [0, 0.1) is 0 Å². The van der Waals surface area contributed by atoms with Crippen molar-refractivity contribution in [3.05, 3.63) is 131 Å². The third-order valence-electron chi connectivity index (χ3n) is 6.94. The number of benzene rings is 4. The standard InChI is InChI=1S/C31H32N2O2S/c1-2-24-13-18-29(19-14-24)36(34,35)32-31-20-16-27-15-17-28(21-30(27)31)33(22-25-9-5-3-6-10-25)23-26-11-7-4-8-12-26/h3-15,17-19,21,31-32H,2,16,20,22-23H2,1H3. The monoisotopic (exact) mass is 496 g/mol. The number of aryl methyl sites for hydroxylation is 2. The average Bonchev–Trinajstić information content (AvgIpc) is 3.31. The highest BCUT2D eigenvalue weighted by molar-refractivity contribution is 7.89. The van der Waals surface area contributed by atoms with Gasteiger partial charge in [-0.25, -0.2) is 13.1 Å². The number of hydrogen-bond acceptors (Lipinski definition) is 3. The summed E-state index contributed by atoms with van der Waals surface area (Å²) in [5.74, 6) is 0. The van der Waals surface area contributed by atoms with Gasteiger partial charge >= 0.3 is 0 Å². The molecule has 184 valence electrons. The molecule has 0 fully saturated rings. The number of nitrogens with zero attached hydrogens (tertiary/aromatic N) is 1. The van der Waals surface area contributed by atoms with Crippen LogP contribution in [0.25, 0.3) is 0 Å². The van der Waals surface area contributed by atoms with E-state index < -0.39 is 10.0 Å². The summed E-state index contributed by atoms with van der Waals surface area (Å²) in [4.78, 5) is 2.68. The molecule has 1 aliphatic rings. The Hall–Kier alpha value is -3.41. The third-order valence-corrected chi connectivity index (χ3v) is 8.43. The van der Waals surface area contributed by atoms with E-state index in [1.54, 1.807) is 12.1 Å². The lowest BCUT2D eigenvalue weighted by atomic mass is 10.1. The van der Waals surface area contributed by atoms with Crippen molar-refractivity contribution in [3.8, 4) is 0 Å². The van der Waals surface area contributed by atoms with Crippen molar-refractivity contribution in [2.45, 2.75) is 50.2 Å². The molecule has 5 rings (SSSR count). The molecule has 0 saturated heterocycles. The first-order valence-electron chi connectivity index (χ1n) is 12.6. The van der Waals surface area contributed by atoms with Crippen molar-refractivity contribution in [2.75, 3.05) is 4.90 Å². The molecule has 0 amide bonds. The second kappa shape index (κ2) is 10.7. The first kappa shape index (κ1) is 24.3. The first-order chi connectivity index (χ1) is 17.5. The molecule has 1 atom stereocenters. The summed E-state index contributed by atoms with van der Waals surface area (Å²) in [6.45, 7) is 3.61. The molecule has 0 bridgehead atoms. The third kappa shape index (κ3) is 5.53. The normalized spacial score (nSPS) is 15.0. The van der Waals surface area contributed by atoms with E-state index in [4.69, 9.17) is 0 Å². The second-order valence-corrected chi connectivity index (χ2v) is 11.1. The van der Waals surface area contributed by atoms with Crippen LogP contribution in [-0.2, 0) is 36.0 Å². The number of fused-ring (bicyclic) bond motifs is 1. The van der Waals surface area contributed by atoms with Gasteiger partial charge in [0.15, 0.2) is 0 Å². The maximum atomic E-state index is 13.2. The van der Waals surface area contributed by atoms with E-state index in [1.165, 1.54) is 16.7 Å². The fourth-order valence-corrected chi connectivity index (χ4v) is 6.16. The van der Waals surface area contributed by atoms with Gasteiger partial charge in [0.2, 0.25) is 10.0 Å². The summed E-state index contributed by atoms with van der Waals surface area (Å²) in [7, 11) is -3.61. The second-order valence-electron chi connectivity index (χ2n) is 9.42. The molecule has 0 radical (unpaired) electrons. The summed E-state index contributed by atoms with van der Waals surface area (Å²) < 4.78 is 29.3. The number of hydrogen-bond donors (Lipinski definition) is 1. The van der Waals surface area contributed by atoms with Crippen molar-refractivity contribution >= 4 is 15.7 Å². The van der Waals surface area contributed by atoms with Crippen LogP contribution in [0.3, 0.4) is 0 Å². The lowest BCUT2D eigenvalue weighted by Crippen LogP contribution is -2.28. The van der Waals surface area contributed by atoms with Gasteiger partial charge in [-0.1, -0.05) is 85.8 Å². The fraction of sp³-hybridized carbons (Fsp3) is 0.226. The van der Waals surface area contributed by atoms with Crippen LogP contribution >= 0.6 is 0 Å². The maximum Gasteiger partial charge on any atom is 0.241 e. The van der Waals surface area contributed by atoms with Crippen LogP contribution in [0.5, 0.6) is 0 Å². The van der Waals surface area contributed by atoms with Gasteiger partial charge in [0.1, 0.15) is 0 Å². The Labute approximate surface area is 214 Å². The minimum absolute atomic E-state index is 0.230. The van der Waals surface area contributed by atoms with Crippen molar-refractivity contribution in [2.24, 2.45) is 0 Å². The topological polar surface area (TPSA) is 49.4 Å². The van der Waals surface area contributed by atoms with E-state index in [-0.39, 0.29) is 6.04 Å². The van der Waals surface area contributed by atoms with E-state index in [0.717, 1.165) is 49.2 Å². The molecule has 1 unspecified atom stereocenters. The molecule has 1 aliphatic carbocycles. The Kier molecular flexibility index (Phi) is 7.21. The molecular formula is C31H32N2O2S. The van der Waals surface area contributed by atoms with Gasteiger partial charge in [0.25, 0.3) is 0 Å². The Morgan fingerprint density at radius 2 is 1.39 bits per heavy atom. The Balaban J connectivity index is 1.42. The summed E-state index contributed by atoms with van der Waals surface area (Å²) in [5, 5.41) is 0. The van der Waals surface area contributed by atoms with Gasteiger partial charge in [-0.05, 0) is 71.3 Å². The number of anilines is 1. The lowest BCUT2D eigenvalue weighted by Gasteiger charge is -2.26. The predicted octanol–water partition coefficient (Wildman–Crippen LogP) is 6.42. The van der Waals surface area contributed by atoms with Gasteiger partial charge in [0, 0.05) is 24.8 Å². The summed E-state index contributed by atoms with van der Waals surface area (Å²) in [5.41, 5.74) is 6.99. The van der Waals surface area contributed by atoms with Gasteiger partial charge in [0.05, 0.1) is 4.90 Å². The molecule has 1 N–H and O–H groups in total. The number of nitrogens with one attached hydrogen (secondary N) is 1. The number of rotatable bonds is 9. The van der Waals surface area contributed by atoms with E-state index in [1.807, 2.05) is 24.3 Å². The zero-order valence-electron chi connectivity index (χ0n) is 20.6. The summed E-state index contributed by atoms with van der Waals surface area (Å²) in [6.07, 6.45) is 2.52. The first-order valence-corrected chi connectivity index (χ1v) is 14.1. The van der Waals surface area contributed by atoms with Crippen LogP contribution in [0.1, 0.15) is 47.2 Å². The van der Waals surface area contributed by atoms with Gasteiger partial charge < -0.3 is 4.90 Å². The number of sulfonamides is 1. The molecule has 4 nitrogen and oxygen atoms in total. The van der Waals surface area contributed by atoms with E-state index in [0.29, 0.717) is 4.90 Å². The zero-order valence-corrected chi connectivity index (χ0v) is 21.4. The largest absolute Gasteiger partial charge is 0.363 e. The highest BCUT2D eigenvalue weighted by Gasteiger charge is 2.28. The molecule has 0 spiro atoms. The van der Waals surface area contributed by atoms with Crippen molar-refractivity contribution < 1.29 is 8.42 Å². The van der Waals surface area contributed by atoms with Crippen LogP contribution in [0.2, 0.25) is 0 Å². The van der Waals surface area contributed by atoms with Gasteiger partial charge in [-0.15, -0.1) is 0 Å². The molecule has 0 saturated carbocycles. The minimum atomic E-state index is -3.61. The van der Waals surface area contributed by atoms with Gasteiger partial charge in [-0.2, -0.15) is 0 Å². The average molecular weight is 497 g/mol. The molecule has 0 aromatic heterocycles. The smallest absolute Gasteiger partial charge is 0.241 e. The van der Waals surface area contributed by atoms with Crippen LogP contribution in [-0.4, -0.2) is 8.42 Å². The fourth-order valence-electron chi connectivity index (χ4n) is 4.91. The van der Waals surface area contributed by atoms with Gasteiger partial charge in [-0.3, -0.25) is 0 Å². The summed E-state index contributed by atoms with van der Waals surface area (Å²) >= 11 is 0. The Morgan fingerprint density at radius 1 is 0.778 bits per heavy atom. The van der Waals surface area contributed by atoms with E-state index >= 15 is 0 Å².